The summed E-state index contributed by atoms with van der Waals surface area (Å²) in [5.41, 5.74) is 2.27. The van der Waals surface area contributed by atoms with Gasteiger partial charge in [0.1, 0.15) is 0 Å². The van der Waals surface area contributed by atoms with Gasteiger partial charge in [-0.1, -0.05) is 87.7 Å². The van der Waals surface area contributed by atoms with E-state index in [4.69, 9.17) is 4.52 Å². The topological polar surface area (TPSA) is 51.0 Å². The first-order valence-electron chi connectivity index (χ1n) is 13.2. The van der Waals surface area contributed by atoms with Crippen LogP contribution in [0.2, 0.25) is 0 Å². The summed E-state index contributed by atoms with van der Waals surface area (Å²) in [4.78, 5) is 4.54. The van der Waals surface area contributed by atoms with Gasteiger partial charge in [-0.15, -0.1) is 0 Å². The number of halogens is 3. The summed E-state index contributed by atoms with van der Waals surface area (Å²) in [5.74, 6) is 1.31. The fourth-order valence-corrected chi connectivity index (χ4v) is 4.16. The van der Waals surface area contributed by atoms with Gasteiger partial charge in [-0.3, -0.25) is 0 Å². The number of rotatable bonds is 16. The van der Waals surface area contributed by atoms with Crippen LogP contribution in [0.1, 0.15) is 87.2 Å². The van der Waals surface area contributed by atoms with Gasteiger partial charge in [0.2, 0.25) is 0 Å². The highest BCUT2D eigenvalue weighted by Gasteiger charge is 2.29. The number of aromatic nitrogens is 2. The zero-order chi connectivity index (χ0) is 25.6. The third-order valence-corrected chi connectivity index (χ3v) is 6.37. The van der Waals surface area contributed by atoms with E-state index in [0.29, 0.717) is 25.4 Å². The van der Waals surface area contributed by atoms with Gasteiger partial charge in [0.05, 0.1) is 5.56 Å². The Labute approximate surface area is 212 Å². The molecule has 0 saturated carbocycles. The zero-order valence-electron chi connectivity index (χ0n) is 21.2. The van der Waals surface area contributed by atoms with E-state index in [1.54, 1.807) is 0 Å². The van der Waals surface area contributed by atoms with Gasteiger partial charge in [-0.25, -0.2) is 0 Å². The number of hydrogen-bond donors (Lipinski definition) is 1. The third kappa shape index (κ3) is 9.76. The molecule has 3 aromatic rings. The average molecular weight is 502 g/mol. The molecular weight excluding hydrogens is 463 g/mol. The number of unbranched alkanes of at least 4 members (excludes halogenated alkanes) is 8. The molecule has 0 aliphatic rings. The first kappa shape index (κ1) is 27.9. The quantitative estimate of drug-likeness (QED) is 0.201. The second-order valence-electron chi connectivity index (χ2n) is 9.41. The van der Waals surface area contributed by atoms with Crippen molar-refractivity contribution in [1.29, 1.82) is 0 Å². The molecule has 0 unspecified atom stereocenters. The summed E-state index contributed by atoms with van der Waals surface area (Å²) >= 11 is 0. The molecule has 3 rings (SSSR count). The van der Waals surface area contributed by atoms with E-state index in [9.17, 15) is 13.2 Å². The third-order valence-electron chi connectivity index (χ3n) is 6.37. The van der Waals surface area contributed by atoms with Gasteiger partial charge >= 0.3 is 6.18 Å². The van der Waals surface area contributed by atoms with Crippen molar-refractivity contribution in [3.05, 3.63) is 71.0 Å². The normalized spacial score (nSPS) is 11.8. The van der Waals surface area contributed by atoms with E-state index >= 15 is 0 Å². The first-order chi connectivity index (χ1) is 17.5. The molecule has 0 aliphatic heterocycles. The van der Waals surface area contributed by atoms with Crippen LogP contribution in [0.4, 0.5) is 13.2 Å². The van der Waals surface area contributed by atoms with Crippen LogP contribution in [0.25, 0.3) is 11.5 Å². The van der Waals surface area contributed by atoms with Crippen LogP contribution in [-0.4, -0.2) is 16.7 Å². The van der Waals surface area contributed by atoms with Crippen LogP contribution in [0, 0.1) is 0 Å². The minimum absolute atomic E-state index is 0.544. The lowest BCUT2D eigenvalue weighted by Gasteiger charge is -2.08. The summed E-state index contributed by atoms with van der Waals surface area (Å²) < 4.78 is 43.4. The van der Waals surface area contributed by atoms with Crippen molar-refractivity contribution in [3.8, 4) is 11.5 Å². The summed E-state index contributed by atoms with van der Waals surface area (Å²) in [5, 5.41) is 7.47. The Balaban J connectivity index is 1.32. The maximum absolute atomic E-state index is 12.7. The molecule has 1 aromatic heterocycles. The summed E-state index contributed by atoms with van der Waals surface area (Å²) in [6.45, 7) is 3.60. The van der Waals surface area contributed by atoms with Crippen molar-refractivity contribution in [1.82, 2.24) is 15.5 Å². The van der Waals surface area contributed by atoms with Crippen molar-refractivity contribution in [2.75, 3.05) is 6.54 Å². The molecule has 0 atom stereocenters. The standard InChI is InChI=1S/C29H38F3N3O/c1-2-3-4-5-6-7-8-9-10-11-27-34-28(36-35-27)25-16-12-24(13-17-25)22-33-21-20-23-14-18-26(19-15-23)29(30,31)32/h12-19,33H,2-11,20-22H2,1H3. The lowest BCUT2D eigenvalue weighted by Crippen LogP contribution is -2.16. The molecule has 36 heavy (non-hydrogen) atoms. The van der Waals surface area contributed by atoms with E-state index in [2.05, 4.69) is 22.4 Å². The van der Waals surface area contributed by atoms with Gasteiger partial charge in [-0.2, -0.15) is 18.2 Å². The minimum Gasteiger partial charge on any atom is -0.334 e. The maximum Gasteiger partial charge on any atom is 0.416 e. The van der Waals surface area contributed by atoms with Gasteiger partial charge in [0.25, 0.3) is 5.89 Å². The van der Waals surface area contributed by atoms with E-state index in [-0.39, 0.29) is 0 Å². The lowest BCUT2D eigenvalue weighted by atomic mass is 10.1. The Morgan fingerprint density at radius 1 is 0.750 bits per heavy atom. The molecule has 4 nitrogen and oxygen atoms in total. The number of aryl methyl sites for hydroxylation is 1. The monoisotopic (exact) mass is 501 g/mol. The maximum atomic E-state index is 12.7. The Hall–Kier alpha value is -2.67. The summed E-state index contributed by atoms with van der Waals surface area (Å²) in [7, 11) is 0. The number of nitrogens with zero attached hydrogens (tertiary/aromatic N) is 2. The van der Waals surface area contributed by atoms with Crippen LogP contribution in [0.3, 0.4) is 0 Å². The fourth-order valence-electron chi connectivity index (χ4n) is 4.16. The zero-order valence-corrected chi connectivity index (χ0v) is 21.2. The molecule has 1 heterocycles. The van der Waals surface area contributed by atoms with Crippen LogP contribution >= 0.6 is 0 Å². The molecule has 0 aliphatic carbocycles. The molecule has 0 fully saturated rings. The van der Waals surface area contributed by atoms with E-state index in [1.165, 1.54) is 63.5 Å². The minimum atomic E-state index is -4.29. The molecule has 0 saturated heterocycles. The Kier molecular flexibility index (Phi) is 11.5. The molecule has 2 aromatic carbocycles. The molecular formula is C29H38F3N3O. The predicted octanol–water partition coefficient (Wildman–Crippen LogP) is 8.16. The highest BCUT2D eigenvalue weighted by Crippen LogP contribution is 2.29. The van der Waals surface area contributed by atoms with Crippen LogP contribution in [0.5, 0.6) is 0 Å². The first-order valence-corrected chi connectivity index (χ1v) is 13.2. The number of benzene rings is 2. The highest BCUT2D eigenvalue weighted by atomic mass is 19.4. The second-order valence-corrected chi connectivity index (χ2v) is 9.41. The summed E-state index contributed by atoms with van der Waals surface area (Å²) in [6, 6.07) is 13.3. The fraction of sp³-hybridized carbons (Fsp3) is 0.517. The molecule has 0 bridgehead atoms. The van der Waals surface area contributed by atoms with Crippen LogP contribution in [-0.2, 0) is 25.6 Å². The molecule has 1 N–H and O–H groups in total. The van der Waals surface area contributed by atoms with E-state index < -0.39 is 11.7 Å². The van der Waals surface area contributed by atoms with E-state index in [0.717, 1.165) is 47.5 Å². The van der Waals surface area contributed by atoms with E-state index in [1.807, 2.05) is 24.3 Å². The van der Waals surface area contributed by atoms with Gasteiger partial charge in [0, 0.05) is 18.5 Å². The number of nitrogens with one attached hydrogen (secondary N) is 1. The second kappa shape index (κ2) is 14.8. The van der Waals surface area contributed by atoms with Crippen molar-refractivity contribution >= 4 is 0 Å². The molecule has 0 spiro atoms. The Morgan fingerprint density at radius 3 is 2.00 bits per heavy atom. The van der Waals surface area contributed by atoms with Crippen LogP contribution < -0.4 is 5.32 Å². The smallest absolute Gasteiger partial charge is 0.334 e. The van der Waals surface area contributed by atoms with Crippen LogP contribution in [0.15, 0.2) is 53.1 Å². The van der Waals surface area contributed by atoms with Gasteiger partial charge in [0.15, 0.2) is 5.82 Å². The van der Waals surface area contributed by atoms with Crippen molar-refractivity contribution in [2.24, 2.45) is 0 Å². The predicted molar refractivity (Wildman–Crippen MR) is 138 cm³/mol. The Bertz CT molecular complexity index is 998. The van der Waals surface area contributed by atoms with Gasteiger partial charge < -0.3 is 9.84 Å². The average Bonchev–Trinajstić information content (AvgIpc) is 3.35. The molecule has 0 radical (unpaired) electrons. The lowest BCUT2D eigenvalue weighted by molar-refractivity contribution is -0.137. The molecule has 0 amide bonds. The highest BCUT2D eigenvalue weighted by molar-refractivity contribution is 5.53. The van der Waals surface area contributed by atoms with Gasteiger partial charge in [-0.05, 0) is 54.8 Å². The van der Waals surface area contributed by atoms with Crippen molar-refractivity contribution < 1.29 is 17.7 Å². The van der Waals surface area contributed by atoms with Crippen molar-refractivity contribution in [2.45, 2.75) is 90.3 Å². The Morgan fingerprint density at radius 2 is 1.36 bits per heavy atom. The molecule has 196 valence electrons. The van der Waals surface area contributed by atoms with Crippen molar-refractivity contribution in [3.63, 3.8) is 0 Å². The SMILES string of the molecule is CCCCCCCCCCCc1noc(-c2ccc(CNCCc3ccc(C(F)(F)F)cc3)cc2)n1. The summed E-state index contributed by atoms with van der Waals surface area (Å²) in [6.07, 6.45) is 8.83. The molecule has 7 heteroatoms. The largest absolute Gasteiger partial charge is 0.416 e. The number of hydrogen-bond acceptors (Lipinski definition) is 4. The number of alkyl halides is 3.